The van der Waals surface area contributed by atoms with Crippen molar-refractivity contribution >= 4 is 29.2 Å². The molecule has 2 aromatic rings. The summed E-state index contributed by atoms with van der Waals surface area (Å²) in [6.07, 6.45) is 1.43. The van der Waals surface area contributed by atoms with E-state index in [0.29, 0.717) is 18.5 Å². The van der Waals surface area contributed by atoms with Crippen LogP contribution in [0.25, 0.3) is 0 Å². The number of hydrogen-bond donors (Lipinski definition) is 1. The van der Waals surface area contributed by atoms with Gasteiger partial charge in [-0.3, -0.25) is 14.9 Å². The standard InChI is InChI=1S/C21H22N2O7/c1-4-13-7-6-8-14(5-2)19(13)22-18(24)12-30-21(26)16-9-15(20(25)29-3)10-17(11-16)23(27)28/h6-11H,4-5,12H2,1-3H3,(H,22,24). The van der Waals surface area contributed by atoms with E-state index in [1.54, 1.807) is 0 Å². The van der Waals surface area contributed by atoms with Gasteiger partial charge in [-0.05, 0) is 30.0 Å². The molecule has 30 heavy (non-hydrogen) atoms. The number of para-hydroxylation sites is 1. The molecule has 0 unspecified atom stereocenters. The SMILES string of the molecule is CCc1cccc(CC)c1NC(=O)COC(=O)c1cc(C(=O)OC)cc([N+](=O)[O-])c1. The Morgan fingerprint density at radius 2 is 1.57 bits per heavy atom. The molecule has 2 aromatic carbocycles. The number of benzene rings is 2. The molecule has 0 aliphatic heterocycles. The van der Waals surface area contributed by atoms with Crippen LogP contribution in [-0.4, -0.2) is 36.5 Å². The van der Waals surface area contributed by atoms with Gasteiger partial charge < -0.3 is 14.8 Å². The largest absolute Gasteiger partial charge is 0.465 e. The number of carbonyl (C=O) groups is 3. The van der Waals surface area contributed by atoms with Crippen molar-refractivity contribution < 1.29 is 28.8 Å². The van der Waals surface area contributed by atoms with Crippen LogP contribution in [0.5, 0.6) is 0 Å². The molecule has 0 radical (unpaired) electrons. The first-order valence-corrected chi connectivity index (χ1v) is 9.26. The number of ether oxygens (including phenoxy) is 2. The van der Waals surface area contributed by atoms with Crippen molar-refractivity contribution in [3.63, 3.8) is 0 Å². The Morgan fingerprint density at radius 1 is 1.00 bits per heavy atom. The van der Waals surface area contributed by atoms with Crippen LogP contribution >= 0.6 is 0 Å². The van der Waals surface area contributed by atoms with Crippen LogP contribution in [0.2, 0.25) is 0 Å². The lowest BCUT2D eigenvalue weighted by atomic mass is 10.0. The fourth-order valence-corrected chi connectivity index (χ4v) is 2.86. The number of rotatable bonds is 8. The highest BCUT2D eigenvalue weighted by Gasteiger charge is 2.20. The lowest BCUT2D eigenvalue weighted by molar-refractivity contribution is -0.384. The van der Waals surface area contributed by atoms with Crippen molar-refractivity contribution in [2.75, 3.05) is 19.0 Å². The molecule has 0 bridgehead atoms. The fraction of sp³-hybridized carbons (Fsp3) is 0.286. The van der Waals surface area contributed by atoms with Gasteiger partial charge in [0.25, 0.3) is 11.6 Å². The van der Waals surface area contributed by atoms with Crippen molar-refractivity contribution in [2.24, 2.45) is 0 Å². The first-order chi connectivity index (χ1) is 14.3. The molecule has 2 rings (SSSR count). The zero-order valence-corrected chi connectivity index (χ0v) is 16.9. The highest BCUT2D eigenvalue weighted by atomic mass is 16.6. The van der Waals surface area contributed by atoms with E-state index in [2.05, 4.69) is 10.1 Å². The molecule has 0 aliphatic carbocycles. The maximum Gasteiger partial charge on any atom is 0.338 e. The molecule has 9 heteroatoms. The number of aryl methyl sites for hydroxylation is 2. The summed E-state index contributed by atoms with van der Waals surface area (Å²) in [5, 5.41) is 13.8. The van der Waals surface area contributed by atoms with Crippen LogP contribution in [0, 0.1) is 10.1 Å². The molecule has 0 heterocycles. The molecule has 0 aliphatic rings. The van der Waals surface area contributed by atoms with E-state index in [1.807, 2.05) is 32.0 Å². The third kappa shape index (κ3) is 5.40. The van der Waals surface area contributed by atoms with Crippen molar-refractivity contribution in [1.29, 1.82) is 0 Å². The number of carbonyl (C=O) groups excluding carboxylic acids is 3. The van der Waals surface area contributed by atoms with E-state index in [0.717, 1.165) is 36.4 Å². The number of nitro groups is 1. The second-order valence-electron chi connectivity index (χ2n) is 6.30. The number of nitrogens with zero attached hydrogens (tertiary/aromatic N) is 1. The highest BCUT2D eigenvalue weighted by Crippen LogP contribution is 2.23. The quantitative estimate of drug-likeness (QED) is 0.399. The average molecular weight is 414 g/mol. The van der Waals surface area contributed by atoms with Gasteiger partial charge in [0.05, 0.1) is 23.2 Å². The predicted octanol–water partition coefficient (Wildman–Crippen LogP) is 3.30. The summed E-state index contributed by atoms with van der Waals surface area (Å²) in [5.41, 5.74) is 1.71. The van der Waals surface area contributed by atoms with Gasteiger partial charge in [0.1, 0.15) is 0 Å². The third-order valence-corrected chi connectivity index (χ3v) is 4.38. The highest BCUT2D eigenvalue weighted by molar-refractivity contribution is 5.98. The molecule has 158 valence electrons. The molecule has 0 spiro atoms. The van der Waals surface area contributed by atoms with Crippen LogP contribution in [0.15, 0.2) is 36.4 Å². The van der Waals surface area contributed by atoms with E-state index in [-0.39, 0.29) is 11.1 Å². The number of anilines is 1. The smallest absolute Gasteiger partial charge is 0.338 e. The zero-order chi connectivity index (χ0) is 22.3. The zero-order valence-electron chi connectivity index (χ0n) is 16.9. The molecule has 0 saturated carbocycles. The van der Waals surface area contributed by atoms with E-state index < -0.39 is 35.1 Å². The fourth-order valence-electron chi connectivity index (χ4n) is 2.86. The number of nitro benzene ring substituents is 1. The molecular formula is C21H22N2O7. The third-order valence-electron chi connectivity index (χ3n) is 4.38. The molecule has 9 nitrogen and oxygen atoms in total. The van der Waals surface area contributed by atoms with Crippen LogP contribution < -0.4 is 5.32 Å². The summed E-state index contributed by atoms with van der Waals surface area (Å²) in [7, 11) is 1.11. The van der Waals surface area contributed by atoms with Gasteiger partial charge in [-0.25, -0.2) is 9.59 Å². The van der Waals surface area contributed by atoms with E-state index in [1.165, 1.54) is 0 Å². The van der Waals surface area contributed by atoms with E-state index in [9.17, 15) is 24.5 Å². The van der Waals surface area contributed by atoms with Crippen molar-refractivity contribution in [1.82, 2.24) is 0 Å². The topological polar surface area (TPSA) is 125 Å². The lowest BCUT2D eigenvalue weighted by Crippen LogP contribution is -2.22. The summed E-state index contributed by atoms with van der Waals surface area (Å²) >= 11 is 0. The molecule has 1 amide bonds. The maximum atomic E-state index is 12.3. The summed E-state index contributed by atoms with van der Waals surface area (Å²) in [6.45, 7) is 3.34. The molecule has 0 aromatic heterocycles. The average Bonchev–Trinajstić information content (AvgIpc) is 2.76. The van der Waals surface area contributed by atoms with Gasteiger partial charge in [0.2, 0.25) is 0 Å². The minimum Gasteiger partial charge on any atom is -0.465 e. The number of esters is 2. The van der Waals surface area contributed by atoms with Crippen LogP contribution in [0.3, 0.4) is 0 Å². The summed E-state index contributed by atoms with van der Waals surface area (Å²) in [4.78, 5) is 46.6. The Labute approximate surface area is 173 Å². The van der Waals surface area contributed by atoms with Crippen molar-refractivity contribution in [3.8, 4) is 0 Å². The van der Waals surface area contributed by atoms with Gasteiger partial charge in [-0.1, -0.05) is 32.0 Å². The minimum atomic E-state index is -0.974. The predicted molar refractivity (Wildman–Crippen MR) is 109 cm³/mol. The second kappa shape index (κ2) is 10.1. The van der Waals surface area contributed by atoms with E-state index in [4.69, 9.17) is 4.74 Å². The van der Waals surface area contributed by atoms with Gasteiger partial charge in [-0.2, -0.15) is 0 Å². The van der Waals surface area contributed by atoms with Gasteiger partial charge in [-0.15, -0.1) is 0 Å². The van der Waals surface area contributed by atoms with Gasteiger partial charge in [0, 0.05) is 17.8 Å². The molecular weight excluding hydrogens is 392 g/mol. The molecule has 0 atom stereocenters. The summed E-state index contributed by atoms with van der Waals surface area (Å²) < 4.78 is 9.52. The Hall–Kier alpha value is -3.75. The summed E-state index contributed by atoms with van der Waals surface area (Å²) in [5.74, 6) is -2.36. The first-order valence-electron chi connectivity index (χ1n) is 9.26. The van der Waals surface area contributed by atoms with Crippen LogP contribution in [-0.2, 0) is 27.1 Å². The lowest BCUT2D eigenvalue weighted by Gasteiger charge is -2.14. The Morgan fingerprint density at radius 3 is 2.07 bits per heavy atom. The number of methoxy groups -OCH3 is 1. The van der Waals surface area contributed by atoms with Crippen LogP contribution in [0.4, 0.5) is 11.4 Å². The second-order valence-corrected chi connectivity index (χ2v) is 6.30. The van der Waals surface area contributed by atoms with Crippen molar-refractivity contribution in [3.05, 3.63) is 68.8 Å². The summed E-state index contributed by atoms with van der Waals surface area (Å²) in [6, 6.07) is 8.78. The minimum absolute atomic E-state index is 0.174. The molecule has 0 saturated heterocycles. The first kappa shape index (κ1) is 22.5. The number of non-ortho nitro benzene ring substituents is 1. The molecule has 0 fully saturated rings. The van der Waals surface area contributed by atoms with Gasteiger partial charge in [0.15, 0.2) is 6.61 Å². The van der Waals surface area contributed by atoms with E-state index >= 15 is 0 Å². The number of amides is 1. The van der Waals surface area contributed by atoms with Gasteiger partial charge >= 0.3 is 11.9 Å². The normalized spacial score (nSPS) is 10.2. The monoisotopic (exact) mass is 414 g/mol. The number of nitrogens with one attached hydrogen (secondary N) is 1. The van der Waals surface area contributed by atoms with Crippen molar-refractivity contribution in [2.45, 2.75) is 26.7 Å². The maximum absolute atomic E-state index is 12.3. The Balaban J connectivity index is 2.14. The van der Waals surface area contributed by atoms with Crippen LogP contribution in [0.1, 0.15) is 45.7 Å². The number of hydrogen-bond acceptors (Lipinski definition) is 7. The Kier molecular flexibility index (Phi) is 7.62. The molecule has 1 N–H and O–H groups in total. The Bertz CT molecular complexity index is 963.